The molecule has 0 unspecified atom stereocenters. The van der Waals surface area contributed by atoms with Crippen molar-refractivity contribution >= 4 is 50.7 Å². The van der Waals surface area contributed by atoms with Crippen LogP contribution in [0.25, 0.3) is 0 Å². The van der Waals surface area contributed by atoms with E-state index in [2.05, 4.69) is 26.6 Å². The van der Waals surface area contributed by atoms with Crippen molar-refractivity contribution < 1.29 is 9.59 Å². The van der Waals surface area contributed by atoms with E-state index in [1.807, 2.05) is 13.8 Å². The van der Waals surface area contributed by atoms with E-state index < -0.39 is 0 Å². The van der Waals surface area contributed by atoms with E-state index in [9.17, 15) is 9.59 Å². The first kappa shape index (κ1) is 19.5. The van der Waals surface area contributed by atoms with Crippen LogP contribution in [-0.4, -0.2) is 11.8 Å². The summed E-state index contributed by atoms with van der Waals surface area (Å²) in [4.78, 5) is 24.4. The lowest BCUT2D eigenvalue weighted by molar-refractivity contribution is -0.120. The Bertz CT molecular complexity index is 759. The molecule has 0 fully saturated rings. The molecule has 0 spiro atoms. The summed E-state index contributed by atoms with van der Waals surface area (Å²) < 4.78 is 0.841. The van der Waals surface area contributed by atoms with Gasteiger partial charge >= 0.3 is 0 Å². The van der Waals surface area contributed by atoms with Crippen molar-refractivity contribution in [3.63, 3.8) is 0 Å². The molecule has 0 heterocycles. The van der Waals surface area contributed by atoms with Crippen LogP contribution in [-0.2, 0) is 4.79 Å². The van der Waals surface area contributed by atoms with E-state index in [1.165, 1.54) is 0 Å². The number of hydrogen-bond donors (Lipinski definition) is 2. The van der Waals surface area contributed by atoms with Crippen LogP contribution in [0.1, 0.15) is 37.0 Å². The second kappa shape index (κ2) is 9.02. The maximum Gasteiger partial charge on any atom is 0.255 e. The Balaban J connectivity index is 2.03. The third-order valence-corrected chi connectivity index (χ3v) is 4.76. The van der Waals surface area contributed by atoms with Crippen LogP contribution < -0.4 is 10.6 Å². The highest BCUT2D eigenvalue weighted by atomic mass is 79.9. The van der Waals surface area contributed by atoms with Crippen LogP contribution in [0, 0.1) is 5.92 Å². The summed E-state index contributed by atoms with van der Waals surface area (Å²) in [6, 6.07) is 12.0. The Hall–Kier alpha value is -1.85. The number of hydrogen-bond acceptors (Lipinski definition) is 2. The number of amides is 2. The molecule has 132 valence electrons. The van der Waals surface area contributed by atoms with E-state index in [0.29, 0.717) is 22.0 Å². The quantitative estimate of drug-likeness (QED) is 0.623. The number of nitrogens with one attached hydrogen (secondary N) is 2. The Morgan fingerprint density at radius 3 is 2.24 bits per heavy atom. The number of benzene rings is 2. The van der Waals surface area contributed by atoms with Crippen molar-refractivity contribution in [3.05, 3.63) is 57.5 Å². The van der Waals surface area contributed by atoms with Gasteiger partial charge in [-0.15, -0.1) is 0 Å². The van der Waals surface area contributed by atoms with Crippen molar-refractivity contribution in [2.24, 2.45) is 5.92 Å². The summed E-state index contributed by atoms with van der Waals surface area (Å²) in [7, 11) is 0. The molecule has 0 aliphatic heterocycles. The number of halogens is 2. The summed E-state index contributed by atoms with van der Waals surface area (Å²) in [5, 5.41) is 6.10. The lowest BCUT2D eigenvalue weighted by atomic mass is 10.0. The minimum Gasteiger partial charge on any atom is -0.326 e. The molecule has 0 aromatic heterocycles. The summed E-state index contributed by atoms with van der Waals surface area (Å²) in [6.45, 7) is 3.99. The number of anilines is 2. The van der Waals surface area contributed by atoms with E-state index >= 15 is 0 Å². The lowest BCUT2D eigenvalue weighted by Crippen LogP contribution is -2.21. The van der Waals surface area contributed by atoms with Gasteiger partial charge in [-0.1, -0.05) is 41.4 Å². The summed E-state index contributed by atoms with van der Waals surface area (Å²) in [5.74, 6) is -0.256. The van der Waals surface area contributed by atoms with Gasteiger partial charge in [0, 0.05) is 21.6 Å². The van der Waals surface area contributed by atoms with Crippen molar-refractivity contribution in [2.75, 3.05) is 10.6 Å². The third kappa shape index (κ3) is 5.31. The van der Waals surface area contributed by atoms with Gasteiger partial charge in [-0.3, -0.25) is 9.59 Å². The fraction of sp³-hybridized carbons (Fsp3) is 0.263. The standard InChI is InChI=1S/C19H20BrClN2O2/c1-3-12(4-2)18(24)22-15-8-5-13(6-9-15)19(25)23-17-10-7-14(20)11-16(17)21/h5-12H,3-4H2,1-2H3,(H,22,24)(H,23,25). The number of rotatable bonds is 6. The molecule has 6 heteroatoms. The van der Waals surface area contributed by atoms with Gasteiger partial charge in [0.1, 0.15) is 0 Å². The molecule has 2 rings (SSSR count). The Morgan fingerprint density at radius 2 is 1.68 bits per heavy atom. The molecule has 2 aromatic rings. The first-order valence-electron chi connectivity index (χ1n) is 8.11. The zero-order chi connectivity index (χ0) is 18.4. The van der Waals surface area contributed by atoms with Gasteiger partial charge in [0.05, 0.1) is 10.7 Å². The average Bonchev–Trinajstić information content (AvgIpc) is 2.59. The van der Waals surface area contributed by atoms with Crippen LogP contribution in [0.15, 0.2) is 46.9 Å². The van der Waals surface area contributed by atoms with E-state index in [-0.39, 0.29) is 17.7 Å². The highest BCUT2D eigenvalue weighted by molar-refractivity contribution is 9.10. The van der Waals surface area contributed by atoms with Gasteiger partial charge in [-0.2, -0.15) is 0 Å². The molecule has 0 aliphatic rings. The fourth-order valence-electron chi connectivity index (χ4n) is 2.39. The summed E-state index contributed by atoms with van der Waals surface area (Å²) >= 11 is 9.43. The van der Waals surface area contributed by atoms with E-state index in [4.69, 9.17) is 11.6 Å². The normalized spacial score (nSPS) is 10.6. The largest absolute Gasteiger partial charge is 0.326 e. The van der Waals surface area contributed by atoms with Gasteiger partial charge in [0.2, 0.25) is 5.91 Å². The maximum atomic E-state index is 12.3. The molecule has 2 amide bonds. The van der Waals surface area contributed by atoms with Crippen LogP contribution in [0.5, 0.6) is 0 Å². The second-order valence-electron chi connectivity index (χ2n) is 5.66. The number of carbonyl (C=O) groups excluding carboxylic acids is 2. The monoisotopic (exact) mass is 422 g/mol. The minimum absolute atomic E-state index is 0.00233. The Labute approximate surface area is 161 Å². The summed E-state index contributed by atoms with van der Waals surface area (Å²) in [5.41, 5.74) is 1.70. The van der Waals surface area contributed by atoms with Gasteiger partial charge in [0.15, 0.2) is 0 Å². The van der Waals surface area contributed by atoms with Crippen LogP contribution in [0.3, 0.4) is 0 Å². The Kier molecular flexibility index (Phi) is 7.02. The number of carbonyl (C=O) groups is 2. The highest BCUT2D eigenvalue weighted by Crippen LogP contribution is 2.26. The molecule has 4 nitrogen and oxygen atoms in total. The molecule has 25 heavy (non-hydrogen) atoms. The van der Waals surface area contributed by atoms with Crippen molar-refractivity contribution in [3.8, 4) is 0 Å². The molecule has 0 atom stereocenters. The molecule has 0 radical (unpaired) electrons. The van der Waals surface area contributed by atoms with Crippen LogP contribution >= 0.6 is 27.5 Å². The molecule has 2 aromatic carbocycles. The smallest absolute Gasteiger partial charge is 0.255 e. The zero-order valence-electron chi connectivity index (χ0n) is 14.1. The predicted molar refractivity (Wildman–Crippen MR) is 106 cm³/mol. The SMILES string of the molecule is CCC(CC)C(=O)Nc1ccc(C(=O)Nc2ccc(Br)cc2Cl)cc1. The molecule has 0 aliphatic carbocycles. The molecule has 0 bridgehead atoms. The van der Waals surface area contributed by atoms with Crippen molar-refractivity contribution in [1.82, 2.24) is 0 Å². The molecule has 0 saturated carbocycles. The van der Waals surface area contributed by atoms with Crippen LogP contribution in [0.4, 0.5) is 11.4 Å². The first-order chi connectivity index (χ1) is 11.9. The first-order valence-corrected chi connectivity index (χ1v) is 9.29. The van der Waals surface area contributed by atoms with Gasteiger partial charge < -0.3 is 10.6 Å². The maximum absolute atomic E-state index is 12.3. The van der Waals surface area contributed by atoms with Crippen molar-refractivity contribution in [1.29, 1.82) is 0 Å². The van der Waals surface area contributed by atoms with E-state index in [1.54, 1.807) is 42.5 Å². The lowest BCUT2D eigenvalue weighted by Gasteiger charge is -2.13. The third-order valence-electron chi connectivity index (χ3n) is 3.95. The second-order valence-corrected chi connectivity index (χ2v) is 6.98. The molecular weight excluding hydrogens is 404 g/mol. The molecule has 0 saturated heterocycles. The average molecular weight is 424 g/mol. The predicted octanol–water partition coefficient (Wildman–Crippen LogP) is 5.73. The van der Waals surface area contributed by atoms with E-state index in [0.717, 1.165) is 17.3 Å². The zero-order valence-corrected chi connectivity index (χ0v) is 16.4. The van der Waals surface area contributed by atoms with Crippen molar-refractivity contribution in [2.45, 2.75) is 26.7 Å². The summed E-state index contributed by atoms with van der Waals surface area (Å²) in [6.07, 6.45) is 1.60. The highest BCUT2D eigenvalue weighted by Gasteiger charge is 2.14. The van der Waals surface area contributed by atoms with Gasteiger partial charge in [-0.05, 0) is 55.3 Å². The van der Waals surface area contributed by atoms with Gasteiger partial charge in [-0.25, -0.2) is 0 Å². The topological polar surface area (TPSA) is 58.2 Å². The van der Waals surface area contributed by atoms with Crippen LogP contribution in [0.2, 0.25) is 5.02 Å². The fourth-order valence-corrected chi connectivity index (χ4v) is 3.11. The minimum atomic E-state index is -0.262. The van der Waals surface area contributed by atoms with Gasteiger partial charge in [0.25, 0.3) is 5.91 Å². The molecular formula is C19H20BrClN2O2. The molecule has 2 N–H and O–H groups in total. The Morgan fingerprint density at radius 1 is 1.04 bits per heavy atom.